The molecule has 0 spiro atoms. The molecule has 68 valence electrons. The van der Waals surface area contributed by atoms with Crippen LogP contribution < -0.4 is 0 Å². The van der Waals surface area contributed by atoms with Crippen molar-refractivity contribution in [3.05, 3.63) is 0 Å². The third-order valence-corrected chi connectivity index (χ3v) is 3.01. The van der Waals surface area contributed by atoms with Crippen LogP contribution in [0.3, 0.4) is 0 Å². The Bertz CT molecular complexity index is 169. The van der Waals surface area contributed by atoms with Crippen LogP contribution in [0.1, 0.15) is 12.8 Å². The maximum atomic E-state index is 10.9. The monoisotopic (exact) mass is 170 g/mol. The van der Waals surface area contributed by atoms with Gasteiger partial charge in [0, 0.05) is 13.2 Å². The van der Waals surface area contributed by atoms with Gasteiger partial charge in [-0.3, -0.25) is 0 Å². The average Bonchev–Trinajstić information content (AvgIpc) is 2.05. The molecule has 0 aliphatic carbocycles. The first-order chi connectivity index (χ1) is 5.87. The molecule has 2 rings (SSSR count). The van der Waals surface area contributed by atoms with E-state index >= 15 is 0 Å². The minimum absolute atomic E-state index is 0.149. The van der Waals surface area contributed by atoms with Crippen LogP contribution in [0, 0.1) is 11.3 Å². The van der Waals surface area contributed by atoms with E-state index in [1.165, 1.54) is 0 Å². The Morgan fingerprint density at radius 2 is 1.83 bits per heavy atom. The summed E-state index contributed by atoms with van der Waals surface area (Å²) in [4.78, 5) is 10.9. The molecule has 0 N–H and O–H groups in total. The summed E-state index contributed by atoms with van der Waals surface area (Å²) >= 11 is 0. The quantitative estimate of drug-likeness (QED) is 0.570. The molecular weight excluding hydrogens is 156 g/mol. The Labute approximate surface area is 72.0 Å². The summed E-state index contributed by atoms with van der Waals surface area (Å²) in [7, 11) is 0. The second-order valence-corrected chi connectivity index (χ2v) is 3.73. The predicted molar refractivity (Wildman–Crippen MR) is 42.9 cm³/mol. The zero-order valence-corrected chi connectivity index (χ0v) is 7.12. The van der Waals surface area contributed by atoms with E-state index in [0.29, 0.717) is 19.1 Å². The van der Waals surface area contributed by atoms with Crippen molar-refractivity contribution in [3.63, 3.8) is 0 Å². The van der Waals surface area contributed by atoms with Crippen LogP contribution in [0.15, 0.2) is 0 Å². The van der Waals surface area contributed by atoms with Gasteiger partial charge in [0.1, 0.15) is 6.29 Å². The largest absolute Gasteiger partial charge is 0.381 e. The van der Waals surface area contributed by atoms with Crippen molar-refractivity contribution < 1.29 is 14.3 Å². The molecule has 0 saturated carbocycles. The molecule has 0 bridgehead atoms. The van der Waals surface area contributed by atoms with E-state index in [1.54, 1.807) is 0 Å². The highest BCUT2D eigenvalue weighted by atomic mass is 16.5. The van der Waals surface area contributed by atoms with Crippen molar-refractivity contribution in [1.82, 2.24) is 0 Å². The Balaban J connectivity index is 1.99. The summed E-state index contributed by atoms with van der Waals surface area (Å²) in [6.07, 6.45) is 3.12. The predicted octanol–water partition coefficient (Wildman–Crippen LogP) is 0.629. The number of hydrogen-bond acceptors (Lipinski definition) is 3. The summed E-state index contributed by atoms with van der Waals surface area (Å²) in [5, 5.41) is 0. The topological polar surface area (TPSA) is 35.5 Å². The lowest BCUT2D eigenvalue weighted by Gasteiger charge is -2.44. The molecule has 2 aliphatic heterocycles. The average molecular weight is 170 g/mol. The summed E-state index contributed by atoms with van der Waals surface area (Å²) in [5.74, 6) is 0.498. The fourth-order valence-corrected chi connectivity index (χ4v) is 2.01. The second kappa shape index (κ2) is 3.15. The molecule has 0 unspecified atom stereocenters. The molecule has 2 aliphatic rings. The van der Waals surface area contributed by atoms with Gasteiger partial charge in [-0.1, -0.05) is 0 Å². The molecule has 2 saturated heterocycles. The molecule has 2 heterocycles. The lowest BCUT2D eigenvalue weighted by atomic mass is 9.71. The van der Waals surface area contributed by atoms with Gasteiger partial charge in [-0.25, -0.2) is 0 Å². The fourth-order valence-electron chi connectivity index (χ4n) is 2.01. The van der Waals surface area contributed by atoms with Crippen molar-refractivity contribution in [3.8, 4) is 0 Å². The van der Waals surface area contributed by atoms with Crippen LogP contribution in [-0.4, -0.2) is 32.7 Å². The van der Waals surface area contributed by atoms with Gasteiger partial charge in [0.2, 0.25) is 0 Å². The molecule has 0 radical (unpaired) electrons. The van der Waals surface area contributed by atoms with Gasteiger partial charge in [0.15, 0.2) is 0 Å². The molecule has 3 nitrogen and oxygen atoms in total. The minimum Gasteiger partial charge on any atom is -0.381 e. The molecule has 12 heavy (non-hydrogen) atoms. The molecule has 0 aromatic carbocycles. The van der Waals surface area contributed by atoms with Crippen LogP contribution in [-0.2, 0) is 14.3 Å². The minimum atomic E-state index is -0.149. The van der Waals surface area contributed by atoms with E-state index in [1.807, 2.05) is 0 Å². The van der Waals surface area contributed by atoms with Crippen molar-refractivity contribution in [2.75, 3.05) is 26.4 Å². The first kappa shape index (κ1) is 8.20. The van der Waals surface area contributed by atoms with Crippen LogP contribution >= 0.6 is 0 Å². The molecular formula is C9H14O3. The Morgan fingerprint density at radius 1 is 1.17 bits per heavy atom. The van der Waals surface area contributed by atoms with Gasteiger partial charge in [0.25, 0.3) is 0 Å². The zero-order chi connectivity index (χ0) is 8.44. The van der Waals surface area contributed by atoms with Gasteiger partial charge >= 0.3 is 0 Å². The summed E-state index contributed by atoms with van der Waals surface area (Å²) in [6.45, 7) is 2.86. The molecule has 3 heteroatoms. The number of aldehydes is 1. The Hall–Kier alpha value is -0.410. The lowest BCUT2D eigenvalue weighted by molar-refractivity contribution is -0.168. The highest BCUT2D eigenvalue weighted by Crippen LogP contribution is 2.39. The lowest BCUT2D eigenvalue weighted by Crippen LogP contribution is -2.51. The maximum Gasteiger partial charge on any atom is 0.131 e. The standard InChI is InChI=1S/C9H14O3/c10-5-9(6-12-7-9)8-1-3-11-4-2-8/h5,8H,1-4,6-7H2. The van der Waals surface area contributed by atoms with Gasteiger partial charge in [-0.05, 0) is 18.8 Å². The zero-order valence-electron chi connectivity index (χ0n) is 7.12. The normalized spacial score (nSPS) is 29.3. The second-order valence-electron chi connectivity index (χ2n) is 3.73. The highest BCUT2D eigenvalue weighted by Gasteiger charge is 2.45. The van der Waals surface area contributed by atoms with Crippen LogP contribution in [0.25, 0.3) is 0 Å². The van der Waals surface area contributed by atoms with E-state index < -0.39 is 0 Å². The van der Waals surface area contributed by atoms with Gasteiger partial charge in [-0.2, -0.15) is 0 Å². The first-order valence-corrected chi connectivity index (χ1v) is 4.49. The number of rotatable bonds is 2. The van der Waals surface area contributed by atoms with Crippen molar-refractivity contribution in [2.45, 2.75) is 12.8 Å². The first-order valence-electron chi connectivity index (χ1n) is 4.49. The van der Waals surface area contributed by atoms with Crippen LogP contribution in [0.4, 0.5) is 0 Å². The Kier molecular flexibility index (Phi) is 2.15. The van der Waals surface area contributed by atoms with E-state index in [-0.39, 0.29) is 5.41 Å². The number of carbonyl (C=O) groups is 1. The van der Waals surface area contributed by atoms with Gasteiger partial charge in [-0.15, -0.1) is 0 Å². The number of ether oxygens (including phenoxy) is 2. The van der Waals surface area contributed by atoms with Crippen LogP contribution in [0.2, 0.25) is 0 Å². The van der Waals surface area contributed by atoms with Crippen LogP contribution in [0.5, 0.6) is 0 Å². The van der Waals surface area contributed by atoms with E-state index in [4.69, 9.17) is 9.47 Å². The third-order valence-electron chi connectivity index (χ3n) is 3.01. The fraction of sp³-hybridized carbons (Fsp3) is 0.889. The molecule has 0 aromatic heterocycles. The van der Waals surface area contributed by atoms with Crippen molar-refractivity contribution in [2.24, 2.45) is 11.3 Å². The smallest absolute Gasteiger partial charge is 0.131 e. The third kappa shape index (κ3) is 1.17. The van der Waals surface area contributed by atoms with E-state index in [9.17, 15) is 4.79 Å². The molecule has 0 atom stereocenters. The van der Waals surface area contributed by atoms with Crippen molar-refractivity contribution in [1.29, 1.82) is 0 Å². The SMILES string of the molecule is O=CC1(C2CCOCC2)COC1. The Morgan fingerprint density at radius 3 is 2.25 bits per heavy atom. The molecule has 0 aromatic rings. The van der Waals surface area contributed by atoms with E-state index in [2.05, 4.69) is 0 Å². The molecule has 0 amide bonds. The summed E-state index contributed by atoms with van der Waals surface area (Å²) in [5.41, 5.74) is -0.149. The van der Waals surface area contributed by atoms with Gasteiger partial charge in [0.05, 0.1) is 18.6 Å². The maximum absolute atomic E-state index is 10.9. The number of carbonyl (C=O) groups excluding carboxylic acids is 1. The summed E-state index contributed by atoms with van der Waals surface area (Å²) in [6, 6.07) is 0. The molecule has 2 fully saturated rings. The summed E-state index contributed by atoms with van der Waals surface area (Å²) < 4.78 is 10.4. The van der Waals surface area contributed by atoms with E-state index in [0.717, 1.165) is 32.3 Å². The highest BCUT2D eigenvalue weighted by molar-refractivity contribution is 5.61. The van der Waals surface area contributed by atoms with Crippen molar-refractivity contribution >= 4 is 6.29 Å². The van der Waals surface area contributed by atoms with Gasteiger partial charge < -0.3 is 14.3 Å². The number of hydrogen-bond donors (Lipinski definition) is 0.